The topological polar surface area (TPSA) is 119 Å². The van der Waals surface area contributed by atoms with E-state index in [1.165, 1.54) is 24.3 Å². The molecular weight excluding hydrogens is 418 g/mol. The fourth-order valence-electron chi connectivity index (χ4n) is 3.27. The van der Waals surface area contributed by atoms with E-state index in [0.717, 1.165) is 0 Å². The van der Waals surface area contributed by atoms with Crippen molar-refractivity contribution in [3.8, 4) is 0 Å². The summed E-state index contributed by atoms with van der Waals surface area (Å²) in [7, 11) is -3.90. The molecule has 1 aromatic heterocycles. The van der Waals surface area contributed by atoms with Gasteiger partial charge in [-0.05, 0) is 45.0 Å². The number of ketones is 2. The monoisotopic (exact) mass is 437 g/mol. The maximum Gasteiger partial charge on any atom is 0.264 e. The summed E-state index contributed by atoms with van der Waals surface area (Å²) in [5, 5.41) is 3.73. The average molecular weight is 437 g/mol. The van der Waals surface area contributed by atoms with E-state index in [1.807, 2.05) is 0 Å². The molecule has 0 amide bonds. The zero-order valence-corrected chi connectivity index (χ0v) is 17.9. The van der Waals surface area contributed by atoms with E-state index in [2.05, 4.69) is 14.9 Å². The molecule has 0 saturated heterocycles. The zero-order valence-electron chi connectivity index (χ0n) is 17.0. The van der Waals surface area contributed by atoms with Crippen LogP contribution in [0.3, 0.4) is 0 Å². The van der Waals surface area contributed by atoms with Crippen LogP contribution in [-0.2, 0) is 10.0 Å². The van der Waals surface area contributed by atoms with Gasteiger partial charge in [0.05, 0.1) is 27.9 Å². The van der Waals surface area contributed by atoms with Crippen molar-refractivity contribution < 1.29 is 22.5 Å². The Balaban J connectivity index is 1.63. The molecule has 1 aliphatic rings. The van der Waals surface area contributed by atoms with Crippen LogP contribution in [0.15, 0.2) is 62.9 Å². The molecule has 9 heteroatoms. The van der Waals surface area contributed by atoms with Crippen LogP contribution in [0.5, 0.6) is 0 Å². The summed E-state index contributed by atoms with van der Waals surface area (Å²) < 4.78 is 32.6. The molecule has 1 heterocycles. The summed E-state index contributed by atoms with van der Waals surface area (Å²) >= 11 is 0. The minimum absolute atomic E-state index is 0.00524. The van der Waals surface area contributed by atoms with Crippen molar-refractivity contribution in [2.45, 2.75) is 25.7 Å². The van der Waals surface area contributed by atoms with Gasteiger partial charge < -0.3 is 4.52 Å². The minimum atomic E-state index is -3.90. The highest BCUT2D eigenvalue weighted by Crippen LogP contribution is 2.27. The van der Waals surface area contributed by atoms with Crippen molar-refractivity contribution in [3.63, 3.8) is 0 Å². The Hall–Kier alpha value is -3.59. The molecule has 2 aromatic carbocycles. The SMILES string of the molecule is Cc1noc(NS(=O)(=O)c2ccc(N=C3C(=O)c4ccccc4C(=O)C3C)cc2)c1C. The van der Waals surface area contributed by atoms with Crippen LogP contribution >= 0.6 is 0 Å². The molecule has 0 aliphatic heterocycles. The van der Waals surface area contributed by atoms with Crippen molar-refractivity contribution in [1.29, 1.82) is 0 Å². The number of aliphatic imine (C=N–C) groups is 1. The molecule has 0 saturated carbocycles. The van der Waals surface area contributed by atoms with Gasteiger partial charge in [-0.2, -0.15) is 0 Å². The quantitative estimate of drug-likeness (QED) is 0.662. The number of carbonyl (C=O) groups is 2. The fourth-order valence-corrected chi connectivity index (χ4v) is 4.31. The van der Waals surface area contributed by atoms with E-state index in [0.29, 0.717) is 28.1 Å². The number of nitrogens with one attached hydrogen (secondary N) is 1. The van der Waals surface area contributed by atoms with Gasteiger partial charge in [-0.25, -0.2) is 18.1 Å². The number of anilines is 1. The molecule has 3 aromatic rings. The van der Waals surface area contributed by atoms with Gasteiger partial charge in [-0.1, -0.05) is 29.4 Å². The molecule has 1 unspecified atom stereocenters. The first-order chi connectivity index (χ1) is 14.7. The third-order valence-corrected chi connectivity index (χ3v) is 6.60. The molecule has 4 rings (SSSR count). The maximum atomic E-state index is 12.8. The number of aromatic nitrogens is 1. The van der Waals surface area contributed by atoms with Crippen LogP contribution in [0.4, 0.5) is 11.6 Å². The lowest BCUT2D eigenvalue weighted by Gasteiger charge is -2.21. The van der Waals surface area contributed by atoms with Gasteiger partial charge in [0.1, 0.15) is 0 Å². The van der Waals surface area contributed by atoms with Crippen LogP contribution in [0.1, 0.15) is 38.9 Å². The first-order valence-electron chi connectivity index (χ1n) is 9.51. The molecule has 31 heavy (non-hydrogen) atoms. The summed E-state index contributed by atoms with van der Waals surface area (Å²) in [5.74, 6) is -1.11. The number of fused-ring (bicyclic) bond motifs is 1. The molecule has 0 bridgehead atoms. The van der Waals surface area contributed by atoms with Crippen molar-refractivity contribution in [2.24, 2.45) is 10.9 Å². The molecule has 0 spiro atoms. The van der Waals surface area contributed by atoms with Crippen molar-refractivity contribution >= 4 is 38.9 Å². The second kappa shape index (κ2) is 7.59. The van der Waals surface area contributed by atoms with Gasteiger partial charge in [-0.3, -0.25) is 9.59 Å². The smallest absolute Gasteiger partial charge is 0.264 e. The van der Waals surface area contributed by atoms with E-state index < -0.39 is 15.9 Å². The number of hydrogen-bond donors (Lipinski definition) is 1. The van der Waals surface area contributed by atoms with Crippen LogP contribution < -0.4 is 4.72 Å². The Morgan fingerprint density at radius 3 is 2.26 bits per heavy atom. The largest absolute Gasteiger partial charge is 0.337 e. The Labute approximate surface area is 179 Å². The Kier molecular flexibility index (Phi) is 5.06. The summed E-state index contributed by atoms with van der Waals surface area (Å²) in [6.45, 7) is 5.05. The highest BCUT2D eigenvalue weighted by molar-refractivity contribution is 7.92. The first-order valence-corrected chi connectivity index (χ1v) is 11.0. The number of carbonyl (C=O) groups excluding carboxylic acids is 2. The van der Waals surface area contributed by atoms with E-state index >= 15 is 0 Å². The van der Waals surface area contributed by atoms with Gasteiger partial charge in [0, 0.05) is 16.7 Å². The number of rotatable bonds is 4. The lowest BCUT2D eigenvalue weighted by Crippen LogP contribution is -2.35. The van der Waals surface area contributed by atoms with Crippen LogP contribution in [0.2, 0.25) is 0 Å². The Morgan fingerprint density at radius 1 is 1.00 bits per heavy atom. The number of nitrogens with zero attached hydrogens (tertiary/aromatic N) is 2. The fraction of sp³-hybridized carbons (Fsp3) is 0.182. The van der Waals surface area contributed by atoms with Crippen molar-refractivity contribution in [1.82, 2.24) is 5.16 Å². The summed E-state index contributed by atoms with van der Waals surface area (Å²) in [5.41, 5.74) is 2.40. The minimum Gasteiger partial charge on any atom is -0.337 e. The number of aryl methyl sites for hydroxylation is 1. The predicted octanol–water partition coefficient (Wildman–Crippen LogP) is 3.88. The average Bonchev–Trinajstić information content (AvgIpc) is 3.07. The molecule has 1 N–H and O–H groups in total. The van der Waals surface area contributed by atoms with Gasteiger partial charge in [0.2, 0.25) is 11.7 Å². The number of hydrogen-bond acceptors (Lipinski definition) is 7. The highest BCUT2D eigenvalue weighted by atomic mass is 32.2. The third-order valence-electron chi connectivity index (χ3n) is 5.25. The molecule has 1 aliphatic carbocycles. The molecule has 0 fully saturated rings. The van der Waals surface area contributed by atoms with Crippen LogP contribution in [-0.4, -0.2) is 30.9 Å². The van der Waals surface area contributed by atoms with Crippen molar-refractivity contribution in [3.05, 3.63) is 70.9 Å². The molecule has 158 valence electrons. The lowest BCUT2D eigenvalue weighted by atomic mass is 9.81. The van der Waals surface area contributed by atoms with Gasteiger partial charge in [-0.15, -0.1) is 0 Å². The third kappa shape index (κ3) is 3.68. The second-order valence-corrected chi connectivity index (χ2v) is 8.96. The first kappa shape index (κ1) is 20.7. The van der Waals surface area contributed by atoms with Crippen LogP contribution in [0.25, 0.3) is 0 Å². The second-order valence-electron chi connectivity index (χ2n) is 7.28. The number of benzene rings is 2. The normalized spacial score (nSPS) is 17.6. The van der Waals surface area contributed by atoms with Gasteiger partial charge >= 0.3 is 0 Å². The molecular formula is C22H19N3O5S. The summed E-state index contributed by atoms with van der Waals surface area (Å²) in [6, 6.07) is 12.3. The maximum absolute atomic E-state index is 12.8. The lowest BCUT2D eigenvalue weighted by molar-refractivity contribution is 0.0927. The standard InChI is InChI=1S/C22H19N3O5S/c1-12-14(3)24-30-22(12)25-31(28,29)16-10-8-15(9-11-16)23-19-13(2)20(26)17-6-4-5-7-18(17)21(19)27/h4-11,13,25H,1-3H3. The number of Topliss-reactive ketones (excluding diaryl/α,β-unsaturated/α-hetero) is 2. The zero-order chi connectivity index (χ0) is 22.3. The van der Waals surface area contributed by atoms with E-state index in [4.69, 9.17) is 4.52 Å². The summed E-state index contributed by atoms with van der Waals surface area (Å²) in [6.07, 6.45) is 0. The molecule has 8 nitrogen and oxygen atoms in total. The Morgan fingerprint density at radius 2 is 1.65 bits per heavy atom. The predicted molar refractivity (Wildman–Crippen MR) is 115 cm³/mol. The number of sulfonamides is 1. The van der Waals surface area contributed by atoms with E-state index in [9.17, 15) is 18.0 Å². The van der Waals surface area contributed by atoms with E-state index in [1.54, 1.807) is 45.0 Å². The molecule has 1 atom stereocenters. The van der Waals surface area contributed by atoms with Gasteiger partial charge in [0.15, 0.2) is 5.78 Å². The van der Waals surface area contributed by atoms with Gasteiger partial charge in [0.25, 0.3) is 10.0 Å². The van der Waals surface area contributed by atoms with Crippen molar-refractivity contribution in [2.75, 3.05) is 4.72 Å². The van der Waals surface area contributed by atoms with E-state index in [-0.39, 0.29) is 28.1 Å². The summed E-state index contributed by atoms with van der Waals surface area (Å²) in [4.78, 5) is 29.8. The Bertz CT molecular complexity index is 1340. The highest BCUT2D eigenvalue weighted by Gasteiger charge is 2.35. The molecule has 0 radical (unpaired) electrons. The van der Waals surface area contributed by atoms with Crippen LogP contribution in [0, 0.1) is 19.8 Å².